The lowest BCUT2D eigenvalue weighted by atomic mass is 10.1. The van der Waals surface area contributed by atoms with Crippen molar-refractivity contribution in [3.05, 3.63) is 73.8 Å². The van der Waals surface area contributed by atoms with E-state index in [0.29, 0.717) is 0 Å². The predicted octanol–water partition coefficient (Wildman–Crippen LogP) is 4.13. The highest BCUT2D eigenvalue weighted by Crippen LogP contribution is 2.31. The van der Waals surface area contributed by atoms with Gasteiger partial charge in [0.15, 0.2) is 0 Å². The fraction of sp³-hybridized carbons (Fsp3) is 0.143. The Morgan fingerprint density at radius 2 is 1.71 bits per heavy atom. The highest BCUT2D eigenvalue weighted by Gasteiger charge is 2.30. The fourth-order valence-electron chi connectivity index (χ4n) is 1.99. The molecule has 0 aliphatic rings. The third kappa shape index (κ3) is 3.97. The highest BCUT2D eigenvalue weighted by molar-refractivity contribution is 5.65. The van der Waals surface area contributed by atoms with Gasteiger partial charge in [-0.1, -0.05) is 12.1 Å². The van der Waals surface area contributed by atoms with Crippen molar-refractivity contribution in [1.29, 1.82) is 0 Å². The maximum atomic E-state index is 12.6. The zero-order valence-electron chi connectivity index (χ0n) is 11.9. The lowest BCUT2D eigenvalue weighted by Gasteiger charge is -2.10. The number of rotatable bonds is 5. The molecule has 0 amide bonds. The molecule has 0 spiro atoms. The summed E-state index contributed by atoms with van der Waals surface area (Å²) < 4.78 is 37.9. The molecular weight excluding hydrogens is 331 g/mol. The number of nitrogens with zero attached hydrogens (tertiary/aromatic N) is 2. The first-order valence-electron chi connectivity index (χ1n) is 6.51. The predicted molar refractivity (Wildman–Crippen MR) is 78.5 cm³/mol. The summed E-state index contributed by atoms with van der Waals surface area (Å²) in [7, 11) is 0. The van der Waals surface area contributed by atoms with E-state index in [0.717, 1.165) is 30.3 Å². The van der Waals surface area contributed by atoms with E-state index >= 15 is 0 Å². The van der Waals surface area contributed by atoms with Crippen molar-refractivity contribution in [2.45, 2.75) is 12.7 Å². The van der Waals surface area contributed by atoms with Crippen molar-refractivity contribution in [2.75, 3.05) is 5.32 Å². The molecule has 0 fully saturated rings. The van der Waals surface area contributed by atoms with Crippen LogP contribution in [0.25, 0.3) is 0 Å². The molecule has 0 aliphatic heterocycles. The van der Waals surface area contributed by atoms with Gasteiger partial charge in [0.05, 0.1) is 21.5 Å². The van der Waals surface area contributed by atoms with Crippen LogP contribution in [-0.2, 0) is 12.7 Å². The van der Waals surface area contributed by atoms with Crippen LogP contribution in [-0.4, -0.2) is 9.85 Å². The number of non-ortho nitro benzene ring substituents is 1. The fourth-order valence-corrected chi connectivity index (χ4v) is 1.99. The van der Waals surface area contributed by atoms with E-state index in [-0.39, 0.29) is 17.8 Å². The first kappa shape index (κ1) is 17.2. The van der Waals surface area contributed by atoms with Crippen LogP contribution in [0.5, 0.6) is 0 Å². The molecule has 2 aromatic carbocycles. The molecule has 0 saturated heterocycles. The number of anilines is 1. The van der Waals surface area contributed by atoms with E-state index < -0.39 is 33.0 Å². The second kappa shape index (κ2) is 6.52. The SMILES string of the molecule is O=[N+]([O-])c1ccc(NCc2cccc(C(F)(F)F)c2)c([N+](=O)[O-])c1. The van der Waals surface area contributed by atoms with Gasteiger partial charge in [-0.15, -0.1) is 0 Å². The van der Waals surface area contributed by atoms with Gasteiger partial charge in [-0.2, -0.15) is 13.2 Å². The lowest BCUT2D eigenvalue weighted by molar-refractivity contribution is -0.393. The summed E-state index contributed by atoms with van der Waals surface area (Å²) >= 11 is 0. The van der Waals surface area contributed by atoms with E-state index in [1.165, 1.54) is 12.1 Å². The first-order chi connectivity index (χ1) is 11.2. The van der Waals surface area contributed by atoms with E-state index in [2.05, 4.69) is 5.32 Å². The van der Waals surface area contributed by atoms with E-state index in [9.17, 15) is 33.4 Å². The van der Waals surface area contributed by atoms with Crippen molar-refractivity contribution in [3.63, 3.8) is 0 Å². The zero-order chi connectivity index (χ0) is 17.9. The van der Waals surface area contributed by atoms with E-state index in [4.69, 9.17) is 0 Å². The molecule has 0 unspecified atom stereocenters. The maximum Gasteiger partial charge on any atom is 0.416 e. The summed E-state index contributed by atoms with van der Waals surface area (Å²) in [6.07, 6.45) is -4.49. The molecule has 7 nitrogen and oxygen atoms in total. The normalized spacial score (nSPS) is 11.1. The van der Waals surface area contributed by atoms with E-state index in [1.54, 1.807) is 0 Å². The molecule has 2 rings (SSSR count). The van der Waals surface area contributed by atoms with Gasteiger partial charge in [-0.3, -0.25) is 20.2 Å². The molecule has 126 valence electrons. The standard InChI is InChI=1S/C14H10F3N3O4/c15-14(16,17)10-3-1-2-9(6-10)8-18-12-5-4-11(19(21)22)7-13(12)20(23)24/h1-7,18H,8H2. The molecule has 10 heteroatoms. The zero-order valence-corrected chi connectivity index (χ0v) is 11.9. The average molecular weight is 341 g/mol. The summed E-state index contributed by atoms with van der Waals surface area (Å²) in [6, 6.07) is 7.49. The number of hydrogen-bond donors (Lipinski definition) is 1. The quantitative estimate of drug-likeness (QED) is 0.651. The summed E-state index contributed by atoms with van der Waals surface area (Å²) in [6.45, 7) is -0.109. The number of halogens is 3. The Bertz CT molecular complexity index is 793. The number of hydrogen-bond acceptors (Lipinski definition) is 5. The van der Waals surface area contributed by atoms with Gasteiger partial charge in [-0.05, 0) is 23.8 Å². The minimum absolute atomic E-state index is 0.0250. The van der Waals surface area contributed by atoms with Gasteiger partial charge in [0.2, 0.25) is 0 Å². The molecule has 0 aromatic heterocycles. The molecular formula is C14H10F3N3O4. The van der Waals surface area contributed by atoms with Gasteiger partial charge in [0, 0.05) is 12.6 Å². The minimum atomic E-state index is -4.49. The van der Waals surface area contributed by atoms with Crippen LogP contribution in [0, 0.1) is 20.2 Å². The molecule has 0 aliphatic carbocycles. The maximum absolute atomic E-state index is 12.6. The topological polar surface area (TPSA) is 98.3 Å². The van der Waals surface area contributed by atoms with Crippen LogP contribution in [0.3, 0.4) is 0 Å². The second-order valence-corrected chi connectivity index (χ2v) is 4.77. The van der Waals surface area contributed by atoms with Crippen LogP contribution in [0.1, 0.15) is 11.1 Å². The number of benzene rings is 2. The van der Waals surface area contributed by atoms with Crippen molar-refractivity contribution in [1.82, 2.24) is 0 Å². The second-order valence-electron chi connectivity index (χ2n) is 4.77. The van der Waals surface area contributed by atoms with Gasteiger partial charge >= 0.3 is 6.18 Å². The van der Waals surface area contributed by atoms with Crippen LogP contribution >= 0.6 is 0 Å². The molecule has 2 aromatic rings. The van der Waals surface area contributed by atoms with Crippen LogP contribution in [0.4, 0.5) is 30.2 Å². The summed E-state index contributed by atoms with van der Waals surface area (Å²) in [5.74, 6) is 0. The van der Waals surface area contributed by atoms with Gasteiger partial charge in [-0.25, -0.2) is 0 Å². The Morgan fingerprint density at radius 3 is 2.29 bits per heavy atom. The summed E-state index contributed by atoms with van der Waals surface area (Å²) in [5.41, 5.74) is -1.58. The number of nitrogens with one attached hydrogen (secondary N) is 1. The molecule has 24 heavy (non-hydrogen) atoms. The largest absolute Gasteiger partial charge is 0.416 e. The van der Waals surface area contributed by atoms with Crippen molar-refractivity contribution < 1.29 is 23.0 Å². The van der Waals surface area contributed by atoms with E-state index in [1.807, 2.05) is 0 Å². The van der Waals surface area contributed by atoms with Crippen LogP contribution < -0.4 is 5.32 Å². The Kier molecular flexibility index (Phi) is 4.67. The third-order valence-corrected chi connectivity index (χ3v) is 3.13. The molecule has 0 saturated carbocycles. The Hall–Kier alpha value is -3.17. The highest BCUT2D eigenvalue weighted by atomic mass is 19.4. The van der Waals surface area contributed by atoms with Gasteiger partial charge in [0.1, 0.15) is 5.69 Å². The van der Waals surface area contributed by atoms with Crippen LogP contribution in [0.15, 0.2) is 42.5 Å². The van der Waals surface area contributed by atoms with Gasteiger partial charge in [0.25, 0.3) is 11.4 Å². The Morgan fingerprint density at radius 1 is 1.00 bits per heavy atom. The van der Waals surface area contributed by atoms with Crippen molar-refractivity contribution in [2.24, 2.45) is 0 Å². The lowest BCUT2D eigenvalue weighted by Crippen LogP contribution is -2.07. The summed E-state index contributed by atoms with van der Waals surface area (Å²) in [5, 5.41) is 24.3. The monoisotopic (exact) mass is 341 g/mol. The van der Waals surface area contributed by atoms with Crippen LogP contribution in [0.2, 0.25) is 0 Å². The molecule has 0 radical (unpaired) electrons. The van der Waals surface area contributed by atoms with Crippen molar-refractivity contribution >= 4 is 17.1 Å². The average Bonchev–Trinajstić information content (AvgIpc) is 2.52. The summed E-state index contributed by atoms with van der Waals surface area (Å²) in [4.78, 5) is 20.1. The molecule has 0 bridgehead atoms. The number of nitro groups is 2. The number of nitro benzene ring substituents is 2. The Balaban J connectivity index is 2.23. The number of alkyl halides is 3. The Labute approximate surface area is 133 Å². The third-order valence-electron chi connectivity index (χ3n) is 3.13. The molecule has 0 atom stereocenters. The smallest absolute Gasteiger partial charge is 0.375 e. The van der Waals surface area contributed by atoms with Crippen molar-refractivity contribution in [3.8, 4) is 0 Å². The van der Waals surface area contributed by atoms with Gasteiger partial charge < -0.3 is 5.32 Å². The molecule has 0 heterocycles. The molecule has 1 N–H and O–H groups in total. The first-order valence-corrected chi connectivity index (χ1v) is 6.51. The minimum Gasteiger partial charge on any atom is -0.375 e.